The van der Waals surface area contributed by atoms with Gasteiger partial charge in [0.2, 0.25) is 11.8 Å². The molecular weight excluding hydrogens is 346 g/mol. The highest BCUT2D eigenvalue weighted by Crippen LogP contribution is 2.23. The highest BCUT2D eigenvalue weighted by molar-refractivity contribution is 7.13. The average molecular weight is 372 g/mol. The summed E-state index contributed by atoms with van der Waals surface area (Å²) in [5.74, 6) is 0.237. The molecule has 1 fully saturated rings. The molecule has 1 aliphatic heterocycles. The third-order valence-electron chi connectivity index (χ3n) is 4.66. The first-order valence-corrected chi connectivity index (χ1v) is 10.0. The van der Waals surface area contributed by atoms with E-state index < -0.39 is 0 Å². The summed E-state index contributed by atoms with van der Waals surface area (Å²) in [6, 6.07) is 10.1. The van der Waals surface area contributed by atoms with Gasteiger partial charge in [0.15, 0.2) is 0 Å². The summed E-state index contributed by atoms with van der Waals surface area (Å²) in [6.07, 6.45) is 4.10. The largest absolute Gasteiger partial charge is 0.342 e. The second-order valence-corrected chi connectivity index (χ2v) is 7.56. The number of thiazole rings is 1. The van der Waals surface area contributed by atoms with E-state index in [1.807, 2.05) is 40.6 Å². The van der Waals surface area contributed by atoms with E-state index in [1.165, 1.54) is 0 Å². The molecule has 26 heavy (non-hydrogen) atoms. The highest BCUT2D eigenvalue weighted by Gasteiger charge is 2.19. The molecule has 2 heterocycles. The predicted octanol–water partition coefficient (Wildman–Crippen LogP) is 3.56. The molecule has 0 radical (unpaired) electrons. The van der Waals surface area contributed by atoms with E-state index in [4.69, 9.17) is 0 Å². The van der Waals surface area contributed by atoms with Gasteiger partial charge in [-0.1, -0.05) is 36.8 Å². The van der Waals surface area contributed by atoms with E-state index in [2.05, 4.69) is 4.98 Å². The first-order valence-electron chi connectivity index (χ1n) is 9.15. The van der Waals surface area contributed by atoms with Crippen LogP contribution in [0.4, 0.5) is 0 Å². The molecule has 2 aromatic rings. The lowest BCUT2D eigenvalue weighted by atomic mass is 10.2. The van der Waals surface area contributed by atoms with Crippen molar-refractivity contribution in [2.45, 2.75) is 38.6 Å². The van der Waals surface area contributed by atoms with Gasteiger partial charge >= 0.3 is 0 Å². The number of likely N-dealkylation sites (tertiary alicyclic amines) is 1. The summed E-state index contributed by atoms with van der Waals surface area (Å²) in [6.45, 7) is 1.80. The van der Waals surface area contributed by atoms with E-state index in [0.717, 1.165) is 42.1 Å². The van der Waals surface area contributed by atoms with Crippen molar-refractivity contribution in [2.75, 3.05) is 20.1 Å². The Balaban J connectivity index is 1.51. The van der Waals surface area contributed by atoms with Gasteiger partial charge in [-0.25, -0.2) is 4.98 Å². The summed E-state index contributed by atoms with van der Waals surface area (Å²) in [7, 11) is 1.80. The zero-order chi connectivity index (χ0) is 18.4. The lowest BCUT2D eigenvalue weighted by Gasteiger charge is -2.22. The minimum Gasteiger partial charge on any atom is -0.342 e. The number of rotatable bonds is 6. The van der Waals surface area contributed by atoms with Crippen molar-refractivity contribution in [3.63, 3.8) is 0 Å². The SMILES string of the molecule is CN(Cc1csc(-c2ccccc2)n1)C(=O)CCN1CCCCCC1=O. The molecule has 1 aliphatic rings. The summed E-state index contributed by atoms with van der Waals surface area (Å²) in [5, 5.41) is 2.97. The maximum atomic E-state index is 12.4. The van der Waals surface area contributed by atoms with Gasteiger partial charge in [-0.15, -0.1) is 11.3 Å². The molecule has 0 saturated carbocycles. The summed E-state index contributed by atoms with van der Waals surface area (Å²) in [5.41, 5.74) is 1.99. The average Bonchev–Trinajstić information content (AvgIpc) is 3.02. The number of aromatic nitrogens is 1. The zero-order valence-electron chi connectivity index (χ0n) is 15.2. The zero-order valence-corrected chi connectivity index (χ0v) is 16.0. The van der Waals surface area contributed by atoms with Crippen LogP contribution in [0.2, 0.25) is 0 Å². The molecule has 3 rings (SSSR count). The monoisotopic (exact) mass is 371 g/mol. The van der Waals surface area contributed by atoms with Gasteiger partial charge in [0, 0.05) is 43.9 Å². The molecule has 0 N–H and O–H groups in total. The van der Waals surface area contributed by atoms with Crippen molar-refractivity contribution < 1.29 is 9.59 Å². The van der Waals surface area contributed by atoms with E-state index >= 15 is 0 Å². The molecule has 0 atom stereocenters. The number of hydrogen-bond acceptors (Lipinski definition) is 4. The lowest BCUT2D eigenvalue weighted by molar-refractivity contribution is -0.133. The Hall–Kier alpha value is -2.21. The Labute approximate surface area is 158 Å². The topological polar surface area (TPSA) is 53.5 Å². The second kappa shape index (κ2) is 8.94. The van der Waals surface area contributed by atoms with Crippen LogP contribution >= 0.6 is 11.3 Å². The van der Waals surface area contributed by atoms with Crippen LogP contribution in [0.5, 0.6) is 0 Å². The van der Waals surface area contributed by atoms with Gasteiger partial charge < -0.3 is 9.80 Å². The molecule has 0 unspecified atom stereocenters. The molecule has 0 bridgehead atoms. The highest BCUT2D eigenvalue weighted by atomic mass is 32.1. The van der Waals surface area contributed by atoms with Crippen molar-refractivity contribution in [3.8, 4) is 10.6 Å². The van der Waals surface area contributed by atoms with Gasteiger partial charge in [-0.3, -0.25) is 9.59 Å². The van der Waals surface area contributed by atoms with E-state index in [1.54, 1.807) is 23.3 Å². The van der Waals surface area contributed by atoms with Crippen LogP contribution in [-0.4, -0.2) is 46.7 Å². The Morgan fingerprint density at radius 1 is 1.23 bits per heavy atom. The number of benzene rings is 1. The second-order valence-electron chi connectivity index (χ2n) is 6.70. The Morgan fingerprint density at radius 3 is 2.85 bits per heavy atom. The smallest absolute Gasteiger partial charge is 0.224 e. The summed E-state index contributed by atoms with van der Waals surface area (Å²) >= 11 is 1.59. The Morgan fingerprint density at radius 2 is 2.04 bits per heavy atom. The van der Waals surface area contributed by atoms with Crippen molar-refractivity contribution >= 4 is 23.2 Å². The van der Waals surface area contributed by atoms with Crippen LogP contribution in [0.25, 0.3) is 10.6 Å². The number of amides is 2. The van der Waals surface area contributed by atoms with Gasteiger partial charge in [-0.05, 0) is 12.8 Å². The van der Waals surface area contributed by atoms with Crippen LogP contribution in [0.3, 0.4) is 0 Å². The van der Waals surface area contributed by atoms with E-state index in [-0.39, 0.29) is 11.8 Å². The molecule has 138 valence electrons. The molecule has 0 spiro atoms. The van der Waals surface area contributed by atoms with Crippen molar-refractivity contribution in [1.29, 1.82) is 0 Å². The van der Waals surface area contributed by atoms with Gasteiger partial charge in [0.25, 0.3) is 0 Å². The van der Waals surface area contributed by atoms with Crippen molar-refractivity contribution in [3.05, 3.63) is 41.4 Å². The van der Waals surface area contributed by atoms with Gasteiger partial charge in [0.1, 0.15) is 5.01 Å². The molecule has 6 heteroatoms. The lowest BCUT2D eigenvalue weighted by Crippen LogP contribution is -2.35. The molecule has 1 aromatic carbocycles. The first kappa shape index (κ1) is 18.6. The molecule has 2 amide bonds. The van der Waals surface area contributed by atoms with E-state index in [0.29, 0.717) is 25.9 Å². The number of carbonyl (C=O) groups is 2. The molecule has 5 nitrogen and oxygen atoms in total. The van der Waals surface area contributed by atoms with Crippen LogP contribution in [0.15, 0.2) is 35.7 Å². The fourth-order valence-corrected chi connectivity index (χ4v) is 3.94. The fourth-order valence-electron chi connectivity index (χ4n) is 3.12. The van der Waals surface area contributed by atoms with Crippen LogP contribution in [0.1, 0.15) is 37.8 Å². The number of hydrogen-bond donors (Lipinski definition) is 0. The quantitative estimate of drug-likeness (QED) is 0.780. The molecule has 0 aliphatic carbocycles. The normalized spacial score (nSPS) is 15.0. The van der Waals surface area contributed by atoms with Crippen molar-refractivity contribution in [2.24, 2.45) is 0 Å². The fraction of sp³-hybridized carbons (Fsp3) is 0.450. The molecular formula is C20H25N3O2S. The standard InChI is InChI=1S/C20H25N3O2S/c1-22(18(24)11-13-23-12-7-3-6-10-19(23)25)14-17-15-26-20(21-17)16-8-4-2-5-9-16/h2,4-5,8-9,15H,3,6-7,10-14H2,1H3. The summed E-state index contributed by atoms with van der Waals surface area (Å²) in [4.78, 5) is 32.6. The maximum Gasteiger partial charge on any atom is 0.224 e. The predicted molar refractivity (Wildman–Crippen MR) is 104 cm³/mol. The third-order valence-corrected chi connectivity index (χ3v) is 5.60. The first-order chi connectivity index (χ1) is 12.6. The van der Waals surface area contributed by atoms with Crippen LogP contribution in [-0.2, 0) is 16.1 Å². The Kier molecular flexibility index (Phi) is 6.39. The molecule has 1 saturated heterocycles. The van der Waals surface area contributed by atoms with E-state index in [9.17, 15) is 9.59 Å². The molecule has 1 aromatic heterocycles. The van der Waals surface area contributed by atoms with Gasteiger partial charge in [-0.2, -0.15) is 0 Å². The minimum absolute atomic E-state index is 0.0521. The number of carbonyl (C=O) groups excluding carboxylic acids is 2. The maximum absolute atomic E-state index is 12.4. The number of nitrogens with zero attached hydrogens (tertiary/aromatic N) is 3. The Bertz CT molecular complexity index is 745. The van der Waals surface area contributed by atoms with Gasteiger partial charge in [0.05, 0.1) is 12.2 Å². The van der Waals surface area contributed by atoms with Crippen molar-refractivity contribution in [1.82, 2.24) is 14.8 Å². The minimum atomic E-state index is 0.0521. The van der Waals surface area contributed by atoms with Crippen LogP contribution < -0.4 is 0 Å². The van der Waals surface area contributed by atoms with Crippen LogP contribution in [0, 0.1) is 0 Å². The third kappa shape index (κ3) is 4.91. The summed E-state index contributed by atoms with van der Waals surface area (Å²) < 4.78 is 0.